The Balaban J connectivity index is 1.63. The number of rotatable bonds is 5. The van der Waals surface area contributed by atoms with Gasteiger partial charge in [-0.3, -0.25) is 14.5 Å². The number of hydrogen-bond acceptors (Lipinski definition) is 4. The number of hydrogen-bond donors (Lipinski definition) is 1. The van der Waals surface area contributed by atoms with E-state index in [0.717, 1.165) is 23.0 Å². The van der Waals surface area contributed by atoms with Crippen LogP contribution in [0.1, 0.15) is 17.5 Å². The lowest BCUT2D eigenvalue weighted by Gasteiger charge is -2.14. The zero-order valence-electron chi connectivity index (χ0n) is 14.6. The fourth-order valence-electron chi connectivity index (χ4n) is 2.57. The first-order valence-electron chi connectivity index (χ1n) is 8.31. The molecule has 0 unspecified atom stereocenters. The van der Waals surface area contributed by atoms with Crippen LogP contribution in [0.3, 0.4) is 0 Å². The molecule has 0 atom stereocenters. The van der Waals surface area contributed by atoms with E-state index in [1.54, 1.807) is 18.2 Å². The highest BCUT2D eigenvalue weighted by Gasteiger charge is 2.32. The molecule has 0 spiro atoms. The number of nitrogens with one attached hydrogen (secondary N) is 1. The van der Waals surface area contributed by atoms with Crippen LogP contribution in [-0.4, -0.2) is 27.6 Å². The third-order valence-electron chi connectivity index (χ3n) is 4.05. The van der Waals surface area contributed by atoms with Crippen molar-refractivity contribution < 1.29 is 14.0 Å². The summed E-state index contributed by atoms with van der Waals surface area (Å²) >= 11 is 6.36. The normalized spacial score (nSPS) is 15.5. The van der Waals surface area contributed by atoms with Gasteiger partial charge in [0.2, 0.25) is 5.91 Å². The van der Waals surface area contributed by atoms with Crippen LogP contribution in [0.5, 0.6) is 0 Å². The van der Waals surface area contributed by atoms with Gasteiger partial charge in [-0.05, 0) is 30.7 Å². The zero-order chi connectivity index (χ0) is 19.4. The van der Waals surface area contributed by atoms with E-state index < -0.39 is 5.82 Å². The van der Waals surface area contributed by atoms with Crippen LogP contribution in [0.2, 0.25) is 0 Å². The Labute approximate surface area is 166 Å². The number of carbonyl (C=O) groups is 2. The van der Waals surface area contributed by atoms with Crippen LogP contribution in [0.15, 0.2) is 53.4 Å². The average molecular weight is 400 g/mol. The molecule has 27 heavy (non-hydrogen) atoms. The maximum absolute atomic E-state index is 13.8. The second-order valence-electron chi connectivity index (χ2n) is 5.97. The molecule has 0 aromatic heterocycles. The molecule has 0 bridgehead atoms. The highest BCUT2D eigenvalue weighted by Crippen LogP contribution is 2.33. The number of aryl methyl sites for hydroxylation is 1. The van der Waals surface area contributed by atoms with E-state index in [2.05, 4.69) is 5.32 Å². The fourth-order valence-corrected chi connectivity index (χ4v) is 3.86. The molecule has 2 aromatic rings. The number of carbonyl (C=O) groups excluding carboxylic acids is 2. The van der Waals surface area contributed by atoms with Crippen molar-refractivity contribution in [3.05, 3.63) is 70.4 Å². The smallest absolute Gasteiger partial charge is 0.266 e. The summed E-state index contributed by atoms with van der Waals surface area (Å²) in [6.07, 6.45) is 1.61. The maximum Gasteiger partial charge on any atom is 0.266 e. The van der Waals surface area contributed by atoms with Crippen molar-refractivity contribution >= 4 is 51.9 Å². The minimum absolute atomic E-state index is 0.119. The quantitative estimate of drug-likeness (QED) is 0.598. The van der Waals surface area contributed by atoms with Gasteiger partial charge in [-0.1, -0.05) is 60.4 Å². The first kappa shape index (κ1) is 19.3. The molecule has 1 saturated heterocycles. The van der Waals surface area contributed by atoms with Gasteiger partial charge in [-0.25, -0.2) is 4.39 Å². The summed E-state index contributed by atoms with van der Waals surface area (Å²) in [7, 11) is 0. The Bertz CT molecular complexity index is 943. The monoisotopic (exact) mass is 400 g/mol. The van der Waals surface area contributed by atoms with Gasteiger partial charge in [0, 0.05) is 24.2 Å². The molecule has 138 valence electrons. The largest absolute Gasteiger partial charge is 0.326 e. The van der Waals surface area contributed by atoms with E-state index in [9.17, 15) is 14.0 Å². The van der Waals surface area contributed by atoms with E-state index in [0.29, 0.717) is 14.8 Å². The second kappa shape index (κ2) is 8.45. The summed E-state index contributed by atoms with van der Waals surface area (Å²) in [6, 6.07) is 13.7. The molecule has 1 aliphatic rings. The maximum atomic E-state index is 13.8. The van der Waals surface area contributed by atoms with Crippen LogP contribution in [-0.2, 0) is 9.59 Å². The third-order valence-corrected chi connectivity index (χ3v) is 5.42. The molecule has 1 fully saturated rings. The fraction of sp³-hybridized carbons (Fsp3) is 0.150. The van der Waals surface area contributed by atoms with Crippen LogP contribution >= 0.6 is 24.0 Å². The highest BCUT2D eigenvalue weighted by atomic mass is 32.2. The molecule has 1 N–H and O–H groups in total. The molecular weight excluding hydrogens is 383 g/mol. The lowest BCUT2D eigenvalue weighted by molar-refractivity contribution is -0.122. The van der Waals surface area contributed by atoms with Gasteiger partial charge >= 0.3 is 0 Å². The number of benzene rings is 2. The van der Waals surface area contributed by atoms with Gasteiger partial charge in [-0.2, -0.15) is 0 Å². The summed E-state index contributed by atoms with van der Waals surface area (Å²) in [6.45, 7) is 2.09. The number of anilines is 1. The molecule has 3 rings (SSSR count). The van der Waals surface area contributed by atoms with Crippen LogP contribution < -0.4 is 5.32 Å². The van der Waals surface area contributed by atoms with E-state index in [1.165, 1.54) is 17.0 Å². The van der Waals surface area contributed by atoms with Gasteiger partial charge in [0.15, 0.2) is 0 Å². The van der Waals surface area contributed by atoms with Crippen LogP contribution in [0.25, 0.3) is 6.08 Å². The third kappa shape index (κ3) is 4.61. The predicted molar refractivity (Wildman–Crippen MR) is 111 cm³/mol. The molecule has 1 aliphatic heterocycles. The first-order valence-corrected chi connectivity index (χ1v) is 9.53. The zero-order valence-corrected chi connectivity index (χ0v) is 16.2. The van der Waals surface area contributed by atoms with Crippen LogP contribution in [0, 0.1) is 12.7 Å². The Morgan fingerprint density at radius 2 is 1.93 bits per heavy atom. The van der Waals surface area contributed by atoms with E-state index in [4.69, 9.17) is 12.2 Å². The predicted octanol–water partition coefficient (Wildman–Crippen LogP) is 4.36. The van der Waals surface area contributed by atoms with Crippen molar-refractivity contribution in [3.8, 4) is 0 Å². The van der Waals surface area contributed by atoms with Gasteiger partial charge in [0.1, 0.15) is 10.1 Å². The van der Waals surface area contributed by atoms with Gasteiger partial charge in [0.25, 0.3) is 5.91 Å². The SMILES string of the molecule is Cc1ccccc1NC(=O)CCN1C(=O)/C(=C/c2ccccc2F)SC1=S. The molecule has 2 aromatic carbocycles. The van der Waals surface area contributed by atoms with Crippen molar-refractivity contribution in [2.75, 3.05) is 11.9 Å². The molecule has 1 heterocycles. The van der Waals surface area contributed by atoms with Crippen molar-refractivity contribution in [1.82, 2.24) is 4.90 Å². The lowest BCUT2D eigenvalue weighted by atomic mass is 10.2. The summed E-state index contributed by atoms with van der Waals surface area (Å²) < 4.78 is 14.2. The molecule has 4 nitrogen and oxygen atoms in total. The number of halogens is 1. The topological polar surface area (TPSA) is 49.4 Å². The van der Waals surface area contributed by atoms with Crippen molar-refractivity contribution in [1.29, 1.82) is 0 Å². The standard InChI is InChI=1S/C20H17FN2O2S2/c1-13-6-2-5-9-16(13)22-18(24)10-11-23-19(25)17(27-20(23)26)12-14-7-3-4-8-15(14)21/h2-9,12H,10-11H2,1H3,(H,22,24)/b17-12-. The highest BCUT2D eigenvalue weighted by molar-refractivity contribution is 8.26. The van der Waals surface area contributed by atoms with Crippen LogP contribution in [0.4, 0.5) is 10.1 Å². The Morgan fingerprint density at radius 3 is 2.67 bits per heavy atom. The van der Waals surface area contributed by atoms with Gasteiger partial charge < -0.3 is 5.32 Å². The molecule has 0 radical (unpaired) electrons. The second-order valence-corrected chi connectivity index (χ2v) is 7.64. The Morgan fingerprint density at radius 1 is 1.22 bits per heavy atom. The molecular formula is C20H17FN2O2S2. The Kier molecular flexibility index (Phi) is 6.03. The number of nitrogens with zero attached hydrogens (tertiary/aromatic N) is 1. The van der Waals surface area contributed by atoms with E-state index in [-0.39, 0.29) is 24.8 Å². The van der Waals surface area contributed by atoms with Gasteiger partial charge in [-0.15, -0.1) is 0 Å². The first-order chi connectivity index (χ1) is 13.0. The van der Waals surface area contributed by atoms with Crippen molar-refractivity contribution in [2.24, 2.45) is 0 Å². The Hall–Kier alpha value is -2.51. The van der Waals surface area contributed by atoms with Gasteiger partial charge in [0.05, 0.1) is 4.91 Å². The van der Waals surface area contributed by atoms with E-state index >= 15 is 0 Å². The molecule has 0 aliphatic carbocycles. The summed E-state index contributed by atoms with van der Waals surface area (Å²) in [5.41, 5.74) is 2.03. The lowest BCUT2D eigenvalue weighted by Crippen LogP contribution is -2.31. The summed E-state index contributed by atoms with van der Waals surface area (Å²) in [4.78, 5) is 26.5. The number of amides is 2. The summed E-state index contributed by atoms with van der Waals surface area (Å²) in [5.74, 6) is -0.909. The molecule has 7 heteroatoms. The minimum Gasteiger partial charge on any atom is -0.326 e. The average Bonchev–Trinajstić information content (AvgIpc) is 2.90. The number of thiocarbonyl (C=S) groups is 1. The number of thioether (sulfide) groups is 1. The van der Waals surface area contributed by atoms with Crippen molar-refractivity contribution in [2.45, 2.75) is 13.3 Å². The number of para-hydroxylation sites is 1. The van der Waals surface area contributed by atoms with Crippen molar-refractivity contribution in [3.63, 3.8) is 0 Å². The summed E-state index contributed by atoms with van der Waals surface area (Å²) in [5, 5.41) is 2.83. The van der Waals surface area contributed by atoms with E-state index in [1.807, 2.05) is 31.2 Å². The molecule has 2 amide bonds. The molecule has 0 saturated carbocycles. The minimum atomic E-state index is -0.402.